The van der Waals surface area contributed by atoms with E-state index in [0.29, 0.717) is 43.8 Å². The molecule has 1 saturated heterocycles. The second-order valence-corrected chi connectivity index (χ2v) is 11.1. The molecule has 208 valence electrons. The lowest BCUT2D eigenvalue weighted by Gasteiger charge is -2.35. The molecule has 1 aromatic rings. The van der Waals surface area contributed by atoms with Crippen molar-refractivity contribution in [2.45, 2.75) is 69.4 Å². The lowest BCUT2D eigenvalue weighted by molar-refractivity contribution is -0.192. The number of aliphatic carboxylic acids is 1. The van der Waals surface area contributed by atoms with Gasteiger partial charge in [0.05, 0.1) is 6.26 Å². The first-order chi connectivity index (χ1) is 17.1. The summed E-state index contributed by atoms with van der Waals surface area (Å²) >= 11 is 6.06. The molecule has 0 unspecified atom stereocenters. The van der Waals surface area contributed by atoms with E-state index in [1.807, 2.05) is 6.07 Å². The topological polar surface area (TPSA) is 159 Å². The van der Waals surface area contributed by atoms with E-state index in [9.17, 15) is 31.2 Å². The molecule has 1 saturated carbocycles. The van der Waals surface area contributed by atoms with Crippen molar-refractivity contribution in [2.24, 2.45) is 5.73 Å². The Kier molecular flexibility index (Phi) is 10.3. The van der Waals surface area contributed by atoms with Gasteiger partial charge < -0.3 is 21.1 Å². The molecule has 2 amide bonds. The lowest BCUT2D eigenvalue weighted by atomic mass is 9.96. The fourth-order valence-electron chi connectivity index (χ4n) is 4.51. The van der Waals surface area contributed by atoms with E-state index in [0.717, 1.165) is 30.2 Å². The maximum absolute atomic E-state index is 13.4. The molecule has 5 N–H and O–H groups in total. The number of carboxylic acids is 1. The van der Waals surface area contributed by atoms with E-state index in [2.05, 4.69) is 10.0 Å². The highest BCUT2D eigenvalue weighted by atomic mass is 35.5. The van der Waals surface area contributed by atoms with Crippen LogP contribution in [0.25, 0.3) is 0 Å². The zero-order chi connectivity index (χ0) is 28.0. The van der Waals surface area contributed by atoms with Crippen molar-refractivity contribution in [2.75, 3.05) is 12.8 Å². The molecule has 0 radical (unpaired) electrons. The number of rotatable bonds is 7. The monoisotopic (exact) mass is 570 g/mol. The number of carbonyl (C=O) groups is 3. The number of carbonyl (C=O) groups excluding carboxylic acids is 2. The summed E-state index contributed by atoms with van der Waals surface area (Å²) in [5.41, 5.74) is 6.34. The number of nitrogens with zero attached hydrogens (tertiary/aromatic N) is 1. The van der Waals surface area contributed by atoms with Gasteiger partial charge in [-0.15, -0.1) is 0 Å². The van der Waals surface area contributed by atoms with E-state index < -0.39 is 33.7 Å². The first-order valence-electron chi connectivity index (χ1n) is 11.4. The second kappa shape index (κ2) is 12.4. The minimum absolute atomic E-state index is 0.253. The highest BCUT2D eigenvalue weighted by Crippen LogP contribution is 2.34. The predicted octanol–water partition coefficient (Wildman–Crippen LogP) is 1.90. The first-order valence-corrected chi connectivity index (χ1v) is 13.7. The van der Waals surface area contributed by atoms with Gasteiger partial charge in [-0.25, -0.2) is 13.2 Å². The summed E-state index contributed by atoms with van der Waals surface area (Å²) < 4.78 is 58.1. The lowest BCUT2D eigenvalue weighted by Crippen LogP contribution is -2.60. The summed E-state index contributed by atoms with van der Waals surface area (Å²) in [5.74, 6) is -3.31. The molecule has 0 aromatic heterocycles. The van der Waals surface area contributed by atoms with Gasteiger partial charge in [0.1, 0.15) is 11.6 Å². The number of nitrogens with one attached hydrogen (secondary N) is 2. The molecular formula is C22H30ClF3N4O6S. The van der Waals surface area contributed by atoms with Crippen molar-refractivity contribution < 1.29 is 41.1 Å². The summed E-state index contributed by atoms with van der Waals surface area (Å²) in [6.07, 6.45) is -0.326. The van der Waals surface area contributed by atoms with Crippen LogP contribution < -0.4 is 15.8 Å². The Morgan fingerprint density at radius 3 is 2.30 bits per heavy atom. The van der Waals surface area contributed by atoms with Crippen molar-refractivity contribution in [3.8, 4) is 0 Å². The van der Waals surface area contributed by atoms with E-state index >= 15 is 0 Å². The van der Waals surface area contributed by atoms with Gasteiger partial charge in [-0.3, -0.25) is 9.59 Å². The highest BCUT2D eigenvalue weighted by molar-refractivity contribution is 7.88. The number of hydrogen-bond acceptors (Lipinski definition) is 6. The first kappa shape index (κ1) is 30.8. The van der Waals surface area contributed by atoms with Gasteiger partial charge in [-0.1, -0.05) is 30.5 Å². The number of hydrogen-bond donors (Lipinski definition) is 4. The highest BCUT2D eigenvalue weighted by Gasteiger charge is 2.48. The fourth-order valence-corrected chi connectivity index (χ4v) is 5.70. The Morgan fingerprint density at radius 2 is 1.78 bits per heavy atom. The Bertz CT molecular complexity index is 1110. The van der Waals surface area contributed by atoms with Crippen LogP contribution in [0.3, 0.4) is 0 Å². The average molecular weight is 571 g/mol. The maximum Gasteiger partial charge on any atom is 0.490 e. The molecule has 10 nitrogen and oxygen atoms in total. The number of nitrogens with two attached hydrogens (primary N) is 1. The Morgan fingerprint density at radius 1 is 1.19 bits per heavy atom. The molecule has 2 fully saturated rings. The third-order valence-electron chi connectivity index (χ3n) is 6.15. The summed E-state index contributed by atoms with van der Waals surface area (Å²) in [6.45, 7) is 1.03. The van der Waals surface area contributed by atoms with E-state index in [-0.39, 0.29) is 18.4 Å². The maximum atomic E-state index is 13.4. The predicted molar refractivity (Wildman–Crippen MR) is 129 cm³/mol. The standard InChI is InChI=1S/C20H29ClN4O4S.C2HF3O2/c1-30(28,29)24-20(8-2-3-9-20)19(27)25-10-4-5-17(25)18(26)23-13-15-11-16(21)7-6-14(15)12-22;3-2(4,5)1(6)7/h6-7,11,17,24H,2-5,8-10,12-13,22H2,1H3,(H,23,26);(H,6,7)/t17-;/m0./s1. The Balaban J connectivity index is 0.000000604. The Hall–Kier alpha value is -2.42. The zero-order valence-electron chi connectivity index (χ0n) is 20.1. The van der Waals surface area contributed by atoms with Gasteiger partial charge in [0.25, 0.3) is 0 Å². The molecular weight excluding hydrogens is 541 g/mol. The van der Waals surface area contributed by atoms with Crippen molar-refractivity contribution in [3.05, 3.63) is 34.3 Å². The zero-order valence-corrected chi connectivity index (χ0v) is 21.7. The van der Waals surface area contributed by atoms with Crippen LogP contribution in [0, 0.1) is 0 Å². The van der Waals surface area contributed by atoms with E-state index in [4.69, 9.17) is 27.2 Å². The van der Waals surface area contributed by atoms with E-state index in [1.165, 1.54) is 0 Å². The van der Waals surface area contributed by atoms with Crippen molar-refractivity contribution >= 4 is 39.4 Å². The van der Waals surface area contributed by atoms with Gasteiger partial charge in [0, 0.05) is 24.7 Å². The minimum atomic E-state index is -5.08. The quantitative estimate of drug-likeness (QED) is 0.389. The number of sulfonamides is 1. The molecule has 3 rings (SSSR count). The molecule has 2 aliphatic rings. The molecule has 1 aliphatic carbocycles. The number of amides is 2. The van der Waals surface area contributed by atoms with Crippen LogP contribution in [-0.4, -0.2) is 66.8 Å². The van der Waals surface area contributed by atoms with Crippen LogP contribution in [-0.2, 0) is 37.5 Å². The Labute approximate surface area is 217 Å². The second-order valence-electron chi connectivity index (χ2n) is 8.96. The molecule has 1 aliphatic heterocycles. The number of carboxylic acid groups (broad SMARTS) is 1. The van der Waals surface area contributed by atoms with Crippen LogP contribution in [0.5, 0.6) is 0 Å². The van der Waals surface area contributed by atoms with Crippen LogP contribution in [0.1, 0.15) is 49.7 Å². The van der Waals surface area contributed by atoms with E-state index in [1.54, 1.807) is 17.0 Å². The molecule has 0 spiro atoms. The SMILES string of the molecule is CS(=O)(=O)NC1(C(=O)N2CCC[C@H]2C(=O)NCc2cc(Cl)ccc2CN)CCCC1.O=C(O)C(F)(F)F. The van der Waals surface area contributed by atoms with Crippen LogP contribution in [0.4, 0.5) is 13.2 Å². The summed E-state index contributed by atoms with van der Waals surface area (Å²) in [4.78, 5) is 36.7. The van der Waals surface area contributed by atoms with Crippen molar-refractivity contribution in [3.63, 3.8) is 0 Å². The minimum Gasteiger partial charge on any atom is -0.475 e. The largest absolute Gasteiger partial charge is 0.490 e. The van der Waals surface area contributed by atoms with Crippen LogP contribution in [0.2, 0.25) is 5.02 Å². The third-order valence-corrected chi connectivity index (χ3v) is 7.14. The van der Waals surface area contributed by atoms with Crippen LogP contribution >= 0.6 is 11.6 Å². The molecule has 0 bridgehead atoms. The van der Waals surface area contributed by atoms with Crippen molar-refractivity contribution in [1.82, 2.24) is 14.9 Å². The molecule has 1 aromatic carbocycles. The molecule has 1 atom stereocenters. The normalized spacial score (nSPS) is 19.2. The number of alkyl halides is 3. The molecule has 15 heteroatoms. The summed E-state index contributed by atoms with van der Waals surface area (Å²) in [6, 6.07) is 4.74. The average Bonchev–Trinajstić information content (AvgIpc) is 3.46. The third kappa shape index (κ3) is 8.55. The molecule has 37 heavy (non-hydrogen) atoms. The number of benzene rings is 1. The summed E-state index contributed by atoms with van der Waals surface area (Å²) in [7, 11) is -3.56. The van der Waals surface area contributed by atoms with Gasteiger partial charge in [0.15, 0.2) is 0 Å². The number of halogens is 4. The molecule has 1 heterocycles. The fraction of sp³-hybridized carbons (Fsp3) is 0.591. The van der Waals surface area contributed by atoms with Crippen LogP contribution in [0.15, 0.2) is 18.2 Å². The van der Waals surface area contributed by atoms with Gasteiger partial charge >= 0.3 is 12.1 Å². The number of likely N-dealkylation sites (tertiary alicyclic amines) is 1. The van der Waals surface area contributed by atoms with Crippen molar-refractivity contribution in [1.29, 1.82) is 0 Å². The summed E-state index contributed by atoms with van der Waals surface area (Å²) in [5, 5.41) is 10.6. The smallest absolute Gasteiger partial charge is 0.475 e. The van der Waals surface area contributed by atoms with Gasteiger partial charge in [-0.05, 0) is 48.9 Å². The van der Waals surface area contributed by atoms with Gasteiger partial charge in [-0.2, -0.15) is 17.9 Å². The van der Waals surface area contributed by atoms with Gasteiger partial charge in [0.2, 0.25) is 21.8 Å².